The van der Waals surface area contributed by atoms with Gasteiger partial charge in [0.05, 0.1) is 16.3 Å². The minimum absolute atomic E-state index is 0.183. The van der Waals surface area contributed by atoms with Crippen molar-refractivity contribution in [2.45, 2.75) is 39.2 Å². The molecule has 0 aliphatic rings. The van der Waals surface area contributed by atoms with Gasteiger partial charge in [-0.05, 0) is 73.0 Å². The van der Waals surface area contributed by atoms with Crippen LogP contribution in [-0.4, -0.2) is 21.9 Å². The molecule has 0 saturated carbocycles. The highest BCUT2D eigenvalue weighted by Crippen LogP contribution is 2.37. The summed E-state index contributed by atoms with van der Waals surface area (Å²) in [4.78, 5) is 1.28. The van der Waals surface area contributed by atoms with Gasteiger partial charge in [-0.25, -0.2) is 0 Å². The van der Waals surface area contributed by atoms with E-state index in [0.29, 0.717) is 0 Å². The summed E-state index contributed by atoms with van der Waals surface area (Å²) in [6, 6.07) is 12.5. The van der Waals surface area contributed by atoms with Crippen molar-refractivity contribution in [3.8, 4) is 5.75 Å². The number of aromatic nitrogens is 3. The molecule has 0 aliphatic heterocycles. The van der Waals surface area contributed by atoms with Crippen LogP contribution in [0.5, 0.6) is 5.75 Å². The summed E-state index contributed by atoms with van der Waals surface area (Å²) in [5, 5.41) is 8.84. The molecule has 0 bridgehead atoms. The molecule has 3 rings (SSSR count). The Balaban J connectivity index is 1.83. The molecular formula is C19H22BrN3OS. The molecule has 6 heteroatoms. The first kappa shape index (κ1) is 18.1. The monoisotopic (exact) mass is 419 g/mol. The lowest BCUT2D eigenvalue weighted by Crippen LogP contribution is -2.24. The summed E-state index contributed by atoms with van der Waals surface area (Å²) < 4.78 is 8.60. The summed E-state index contributed by atoms with van der Waals surface area (Å²) in [6.07, 6.45) is 0.931. The standard InChI is InChI=1S/C19H22BrN3OS/c1-13-21-22-18(19(2,3)16-9-10-17(20)25-16)23(13)12-11-14-5-7-15(24-4)8-6-14/h5-10H,11-12H2,1-4H3. The number of methoxy groups -OCH3 is 1. The van der Waals surface area contributed by atoms with Crippen LogP contribution in [0.1, 0.15) is 35.9 Å². The second-order valence-corrected chi connectivity index (χ2v) is 9.01. The third-order valence-corrected chi connectivity index (χ3v) is 6.41. The number of ether oxygens (including phenoxy) is 1. The second kappa shape index (κ2) is 7.30. The van der Waals surface area contributed by atoms with E-state index in [1.165, 1.54) is 10.4 Å². The molecule has 4 nitrogen and oxygen atoms in total. The van der Waals surface area contributed by atoms with E-state index in [2.05, 4.69) is 68.8 Å². The molecule has 25 heavy (non-hydrogen) atoms. The zero-order valence-corrected chi connectivity index (χ0v) is 17.3. The predicted molar refractivity (Wildman–Crippen MR) is 106 cm³/mol. The van der Waals surface area contributed by atoms with Crippen molar-refractivity contribution in [3.05, 3.63) is 62.3 Å². The van der Waals surface area contributed by atoms with Crippen LogP contribution in [0.4, 0.5) is 0 Å². The molecule has 0 unspecified atom stereocenters. The number of halogens is 1. The van der Waals surface area contributed by atoms with Crippen molar-refractivity contribution in [2.24, 2.45) is 0 Å². The first-order valence-corrected chi connectivity index (χ1v) is 9.82. The maximum Gasteiger partial charge on any atom is 0.143 e. The fourth-order valence-corrected chi connectivity index (χ4v) is 4.39. The predicted octanol–water partition coefficient (Wildman–Crippen LogP) is 4.99. The molecule has 0 N–H and O–H groups in total. The van der Waals surface area contributed by atoms with Crippen LogP contribution in [0.25, 0.3) is 0 Å². The lowest BCUT2D eigenvalue weighted by atomic mass is 9.90. The van der Waals surface area contributed by atoms with Gasteiger partial charge in [0.2, 0.25) is 0 Å². The van der Waals surface area contributed by atoms with E-state index < -0.39 is 0 Å². The number of rotatable bonds is 6. The van der Waals surface area contributed by atoms with Crippen molar-refractivity contribution < 1.29 is 4.74 Å². The first-order chi connectivity index (χ1) is 11.9. The van der Waals surface area contributed by atoms with Crippen molar-refractivity contribution in [2.75, 3.05) is 7.11 Å². The Morgan fingerprint density at radius 1 is 1.12 bits per heavy atom. The van der Waals surface area contributed by atoms with Gasteiger partial charge in [0.15, 0.2) is 0 Å². The Labute approximate surface area is 161 Å². The second-order valence-electron chi connectivity index (χ2n) is 6.55. The highest BCUT2D eigenvalue weighted by Gasteiger charge is 2.31. The van der Waals surface area contributed by atoms with Gasteiger partial charge in [-0.3, -0.25) is 0 Å². The minimum Gasteiger partial charge on any atom is -0.497 e. The Morgan fingerprint density at radius 2 is 1.84 bits per heavy atom. The van der Waals surface area contributed by atoms with Gasteiger partial charge in [0, 0.05) is 11.4 Å². The molecule has 1 aromatic carbocycles. The van der Waals surface area contributed by atoms with Crippen LogP contribution >= 0.6 is 27.3 Å². The third kappa shape index (κ3) is 3.80. The SMILES string of the molecule is COc1ccc(CCn2c(C)nnc2C(C)(C)c2ccc(Br)s2)cc1. The topological polar surface area (TPSA) is 39.9 Å². The third-order valence-electron chi connectivity index (χ3n) is 4.47. The van der Waals surface area contributed by atoms with Crippen molar-refractivity contribution in [3.63, 3.8) is 0 Å². The number of benzene rings is 1. The molecule has 132 valence electrons. The van der Waals surface area contributed by atoms with E-state index in [1.54, 1.807) is 18.4 Å². The van der Waals surface area contributed by atoms with Crippen LogP contribution in [0.15, 0.2) is 40.2 Å². The van der Waals surface area contributed by atoms with Gasteiger partial charge >= 0.3 is 0 Å². The Hall–Kier alpha value is -1.66. The number of hydrogen-bond acceptors (Lipinski definition) is 4. The van der Waals surface area contributed by atoms with Gasteiger partial charge in [-0.2, -0.15) is 0 Å². The summed E-state index contributed by atoms with van der Waals surface area (Å²) >= 11 is 5.31. The van der Waals surface area contributed by atoms with Gasteiger partial charge in [0.1, 0.15) is 17.4 Å². The summed E-state index contributed by atoms with van der Waals surface area (Å²) in [7, 11) is 1.69. The lowest BCUT2D eigenvalue weighted by Gasteiger charge is -2.23. The zero-order valence-electron chi connectivity index (χ0n) is 14.9. The summed E-state index contributed by atoms with van der Waals surface area (Å²) in [6.45, 7) is 7.29. The van der Waals surface area contributed by atoms with Crippen molar-refractivity contribution in [1.82, 2.24) is 14.8 Å². The molecule has 0 atom stereocenters. The maximum absolute atomic E-state index is 5.23. The molecule has 0 fully saturated rings. The smallest absolute Gasteiger partial charge is 0.143 e. The quantitative estimate of drug-likeness (QED) is 0.564. The normalized spacial score (nSPS) is 11.7. The maximum atomic E-state index is 5.23. The van der Waals surface area contributed by atoms with E-state index in [1.807, 2.05) is 19.1 Å². The van der Waals surface area contributed by atoms with Gasteiger partial charge in [0.25, 0.3) is 0 Å². The van der Waals surface area contributed by atoms with E-state index >= 15 is 0 Å². The highest BCUT2D eigenvalue weighted by atomic mass is 79.9. The molecule has 0 amide bonds. The molecule has 0 aliphatic carbocycles. The lowest BCUT2D eigenvalue weighted by molar-refractivity contribution is 0.414. The number of aryl methyl sites for hydroxylation is 2. The summed E-state index contributed by atoms with van der Waals surface area (Å²) in [5.74, 6) is 2.84. The molecule has 2 heterocycles. The number of nitrogens with zero attached hydrogens (tertiary/aromatic N) is 3. The van der Waals surface area contributed by atoms with Gasteiger partial charge in [-0.15, -0.1) is 21.5 Å². The van der Waals surface area contributed by atoms with Crippen LogP contribution in [-0.2, 0) is 18.4 Å². The van der Waals surface area contributed by atoms with Crippen LogP contribution in [0.3, 0.4) is 0 Å². The van der Waals surface area contributed by atoms with Gasteiger partial charge in [-0.1, -0.05) is 12.1 Å². The minimum atomic E-state index is -0.183. The van der Waals surface area contributed by atoms with Crippen molar-refractivity contribution in [1.29, 1.82) is 0 Å². The first-order valence-electron chi connectivity index (χ1n) is 8.21. The molecule has 0 spiro atoms. The molecular weight excluding hydrogens is 398 g/mol. The average molecular weight is 420 g/mol. The molecule has 2 aromatic heterocycles. The molecule has 3 aromatic rings. The number of thiophene rings is 1. The molecule has 0 radical (unpaired) electrons. The molecule has 0 saturated heterocycles. The van der Waals surface area contributed by atoms with E-state index in [9.17, 15) is 0 Å². The average Bonchev–Trinajstić information content (AvgIpc) is 3.20. The largest absolute Gasteiger partial charge is 0.497 e. The van der Waals surface area contributed by atoms with E-state index in [-0.39, 0.29) is 5.41 Å². The van der Waals surface area contributed by atoms with Crippen molar-refractivity contribution >= 4 is 27.3 Å². The fraction of sp³-hybridized carbons (Fsp3) is 0.368. The zero-order chi connectivity index (χ0) is 18.0. The summed E-state index contributed by atoms with van der Waals surface area (Å²) in [5.41, 5.74) is 1.09. The Morgan fingerprint density at radius 3 is 2.44 bits per heavy atom. The van der Waals surface area contributed by atoms with E-state index in [4.69, 9.17) is 4.74 Å². The van der Waals surface area contributed by atoms with Crippen LogP contribution in [0, 0.1) is 6.92 Å². The van der Waals surface area contributed by atoms with Crippen LogP contribution in [0.2, 0.25) is 0 Å². The van der Waals surface area contributed by atoms with Crippen LogP contribution < -0.4 is 4.74 Å². The Kier molecular flexibility index (Phi) is 5.29. The van der Waals surface area contributed by atoms with Gasteiger partial charge < -0.3 is 9.30 Å². The Bertz CT molecular complexity index is 852. The fourth-order valence-electron chi connectivity index (χ4n) is 2.90. The van der Waals surface area contributed by atoms with E-state index in [0.717, 1.165) is 34.2 Å². The highest BCUT2D eigenvalue weighted by molar-refractivity contribution is 9.11. The number of hydrogen-bond donors (Lipinski definition) is 0.